The lowest BCUT2D eigenvalue weighted by Gasteiger charge is -2.16. The summed E-state index contributed by atoms with van der Waals surface area (Å²) in [5, 5.41) is 7.37. The Kier molecular flexibility index (Phi) is 4.43. The van der Waals surface area contributed by atoms with Crippen molar-refractivity contribution < 1.29 is 14.3 Å². The number of rotatable bonds is 4. The van der Waals surface area contributed by atoms with E-state index >= 15 is 0 Å². The summed E-state index contributed by atoms with van der Waals surface area (Å²) in [6.45, 7) is 0.383. The molecular formula is C22H20ClN3O3. The van der Waals surface area contributed by atoms with Crippen molar-refractivity contribution in [1.29, 1.82) is 0 Å². The highest BCUT2D eigenvalue weighted by Gasteiger charge is 2.30. The van der Waals surface area contributed by atoms with Crippen LogP contribution in [0, 0.1) is 0 Å². The number of ether oxygens (including phenoxy) is 1. The maximum Gasteiger partial charge on any atom is 0.242 e. The summed E-state index contributed by atoms with van der Waals surface area (Å²) in [6, 6.07) is 11.6. The average molecular weight is 410 g/mol. The molecule has 0 spiro atoms. The summed E-state index contributed by atoms with van der Waals surface area (Å²) in [5.74, 6) is 0.581. The zero-order valence-electron chi connectivity index (χ0n) is 15.6. The van der Waals surface area contributed by atoms with E-state index in [1.165, 1.54) is 0 Å². The third-order valence-corrected chi connectivity index (χ3v) is 5.76. The quantitative estimate of drug-likeness (QED) is 0.618. The van der Waals surface area contributed by atoms with Crippen LogP contribution in [-0.2, 0) is 16.0 Å². The summed E-state index contributed by atoms with van der Waals surface area (Å²) in [4.78, 5) is 26.8. The van der Waals surface area contributed by atoms with Gasteiger partial charge < -0.3 is 20.4 Å². The number of nitrogens with one attached hydrogen (secondary N) is 3. The van der Waals surface area contributed by atoms with Gasteiger partial charge in [-0.25, -0.2) is 0 Å². The van der Waals surface area contributed by atoms with Crippen LogP contribution in [0.2, 0.25) is 5.02 Å². The lowest BCUT2D eigenvalue weighted by atomic mass is 9.99. The number of H-pyrrole nitrogens is 1. The van der Waals surface area contributed by atoms with Crippen LogP contribution >= 0.6 is 11.6 Å². The van der Waals surface area contributed by atoms with Crippen LogP contribution in [0.25, 0.3) is 22.0 Å². The molecule has 0 saturated carbocycles. The molecule has 148 valence electrons. The van der Waals surface area contributed by atoms with E-state index in [9.17, 15) is 9.59 Å². The molecule has 3 heterocycles. The largest absolute Gasteiger partial charge is 0.487 e. The molecular weight excluding hydrogens is 390 g/mol. The molecule has 1 aromatic heterocycles. The Hall–Kier alpha value is -2.99. The van der Waals surface area contributed by atoms with Gasteiger partial charge in [-0.05, 0) is 47.7 Å². The number of carbonyl (C=O) groups excluding carboxylic acids is 2. The first-order valence-electron chi connectivity index (χ1n) is 9.70. The summed E-state index contributed by atoms with van der Waals surface area (Å²) in [5.41, 5.74) is 4.10. The maximum absolute atomic E-state index is 12.3. The van der Waals surface area contributed by atoms with Crippen molar-refractivity contribution in [1.82, 2.24) is 15.6 Å². The second-order valence-corrected chi connectivity index (χ2v) is 8.01. The number of halogens is 1. The molecule has 1 saturated heterocycles. The number of aromatic nitrogens is 1. The predicted octanol–water partition coefficient (Wildman–Crippen LogP) is 3.19. The number of aromatic amines is 1. The van der Waals surface area contributed by atoms with E-state index in [2.05, 4.69) is 21.7 Å². The molecule has 2 aliphatic rings. The molecule has 1 unspecified atom stereocenters. The van der Waals surface area contributed by atoms with Crippen LogP contribution < -0.4 is 15.4 Å². The Morgan fingerprint density at radius 3 is 2.97 bits per heavy atom. The predicted molar refractivity (Wildman–Crippen MR) is 111 cm³/mol. The van der Waals surface area contributed by atoms with Gasteiger partial charge in [-0.1, -0.05) is 17.7 Å². The Morgan fingerprint density at radius 2 is 2.14 bits per heavy atom. The summed E-state index contributed by atoms with van der Waals surface area (Å²) >= 11 is 6.38. The monoisotopic (exact) mass is 409 g/mol. The van der Waals surface area contributed by atoms with Crippen molar-refractivity contribution >= 4 is 34.3 Å². The SMILES string of the molecule is O=C1CC[C@@H](C(=O)NCC2Cc3cc(Cl)cc(-c4ccc5[nH]ccc5c4)c3O2)N1. The van der Waals surface area contributed by atoms with Crippen LogP contribution in [0.3, 0.4) is 0 Å². The minimum atomic E-state index is -0.440. The molecule has 2 amide bonds. The molecule has 6 nitrogen and oxygen atoms in total. The van der Waals surface area contributed by atoms with Crippen LogP contribution in [0.15, 0.2) is 42.6 Å². The van der Waals surface area contributed by atoms with Crippen molar-refractivity contribution in [3.8, 4) is 16.9 Å². The molecule has 3 aromatic rings. The highest BCUT2D eigenvalue weighted by Crippen LogP contribution is 2.41. The summed E-state index contributed by atoms with van der Waals surface area (Å²) in [6.07, 6.45) is 3.36. The van der Waals surface area contributed by atoms with E-state index in [1.54, 1.807) is 0 Å². The van der Waals surface area contributed by atoms with Gasteiger partial charge in [0.2, 0.25) is 11.8 Å². The molecule has 3 N–H and O–H groups in total. The van der Waals surface area contributed by atoms with Gasteiger partial charge in [0.05, 0.1) is 6.54 Å². The molecule has 0 aliphatic carbocycles. The molecule has 7 heteroatoms. The maximum atomic E-state index is 12.3. The number of hydrogen-bond donors (Lipinski definition) is 3. The molecule has 1 fully saturated rings. The van der Waals surface area contributed by atoms with Gasteiger partial charge in [-0.3, -0.25) is 9.59 Å². The van der Waals surface area contributed by atoms with Gasteiger partial charge in [0.15, 0.2) is 0 Å². The number of fused-ring (bicyclic) bond motifs is 2. The van der Waals surface area contributed by atoms with Crippen LogP contribution in [0.1, 0.15) is 18.4 Å². The van der Waals surface area contributed by atoms with Crippen molar-refractivity contribution in [2.45, 2.75) is 31.4 Å². The van der Waals surface area contributed by atoms with E-state index < -0.39 is 6.04 Å². The molecule has 5 rings (SSSR count). The van der Waals surface area contributed by atoms with Crippen molar-refractivity contribution in [3.05, 3.63) is 53.2 Å². The normalized spacial score (nSPS) is 20.4. The van der Waals surface area contributed by atoms with Gasteiger partial charge in [0, 0.05) is 40.7 Å². The minimum Gasteiger partial charge on any atom is -0.487 e. The first kappa shape index (κ1) is 18.1. The molecule has 29 heavy (non-hydrogen) atoms. The third-order valence-electron chi connectivity index (χ3n) is 5.54. The Labute approximate surface area is 172 Å². The van der Waals surface area contributed by atoms with E-state index in [0.717, 1.165) is 33.3 Å². The van der Waals surface area contributed by atoms with Crippen LogP contribution in [0.5, 0.6) is 5.75 Å². The zero-order valence-corrected chi connectivity index (χ0v) is 16.4. The van der Waals surface area contributed by atoms with Crippen LogP contribution in [0.4, 0.5) is 0 Å². The second-order valence-electron chi connectivity index (χ2n) is 7.57. The lowest BCUT2D eigenvalue weighted by Crippen LogP contribution is -2.44. The first-order chi connectivity index (χ1) is 14.1. The molecule has 0 bridgehead atoms. The molecule has 2 aliphatic heterocycles. The first-order valence-corrected chi connectivity index (χ1v) is 10.1. The zero-order chi connectivity index (χ0) is 20.0. The van der Waals surface area contributed by atoms with Gasteiger partial charge in [0.25, 0.3) is 0 Å². The Morgan fingerprint density at radius 1 is 1.24 bits per heavy atom. The van der Waals surface area contributed by atoms with E-state index in [1.807, 2.05) is 36.5 Å². The van der Waals surface area contributed by atoms with E-state index in [-0.39, 0.29) is 17.9 Å². The summed E-state index contributed by atoms with van der Waals surface area (Å²) < 4.78 is 6.21. The Balaban J connectivity index is 1.34. The van der Waals surface area contributed by atoms with Crippen LogP contribution in [-0.4, -0.2) is 35.5 Å². The smallest absolute Gasteiger partial charge is 0.242 e. The fraction of sp³-hybridized carbons (Fsp3) is 0.273. The van der Waals surface area contributed by atoms with Gasteiger partial charge in [-0.15, -0.1) is 0 Å². The van der Waals surface area contributed by atoms with Gasteiger partial charge in [-0.2, -0.15) is 0 Å². The van der Waals surface area contributed by atoms with Crippen molar-refractivity contribution in [2.24, 2.45) is 0 Å². The minimum absolute atomic E-state index is 0.0756. The number of benzene rings is 2. The number of amides is 2. The topological polar surface area (TPSA) is 83.2 Å². The highest BCUT2D eigenvalue weighted by molar-refractivity contribution is 6.31. The summed E-state index contributed by atoms with van der Waals surface area (Å²) in [7, 11) is 0. The fourth-order valence-electron chi connectivity index (χ4n) is 4.09. The fourth-order valence-corrected chi connectivity index (χ4v) is 4.33. The molecule has 0 radical (unpaired) electrons. The average Bonchev–Trinajstić information content (AvgIpc) is 3.43. The standard InChI is InChI=1S/C22H20ClN3O3/c23-15-8-14-9-16(11-25-22(28)19-3-4-20(27)26-19)29-21(14)17(10-15)12-1-2-18-13(7-12)5-6-24-18/h1-2,5-8,10,16,19,24H,3-4,9,11H2,(H,25,28)(H,26,27)/t16?,19-/m0/s1. The highest BCUT2D eigenvalue weighted by atomic mass is 35.5. The van der Waals surface area contributed by atoms with E-state index in [0.29, 0.717) is 30.8 Å². The molecule has 2 aromatic carbocycles. The molecule has 2 atom stereocenters. The van der Waals surface area contributed by atoms with Crippen molar-refractivity contribution in [2.75, 3.05) is 6.54 Å². The Bertz CT molecular complexity index is 1120. The third kappa shape index (κ3) is 3.44. The van der Waals surface area contributed by atoms with Gasteiger partial charge >= 0.3 is 0 Å². The number of hydrogen-bond acceptors (Lipinski definition) is 3. The number of carbonyl (C=O) groups is 2. The van der Waals surface area contributed by atoms with E-state index in [4.69, 9.17) is 16.3 Å². The van der Waals surface area contributed by atoms with Gasteiger partial charge in [0.1, 0.15) is 17.9 Å². The van der Waals surface area contributed by atoms with Crippen molar-refractivity contribution in [3.63, 3.8) is 0 Å². The second kappa shape index (κ2) is 7.12. The lowest BCUT2D eigenvalue weighted by molar-refractivity contribution is -0.126.